The number of carbonyl (C=O) groups is 2. The Kier molecular flexibility index (Phi) is 5.17. The lowest BCUT2D eigenvalue weighted by Gasteiger charge is -2.56. The molecule has 0 aromatic heterocycles. The van der Waals surface area contributed by atoms with E-state index in [1.165, 1.54) is 19.3 Å². The second-order valence-corrected chi connectivity index (χ2v) is 9.42. The van der Waals surface area contributed by atoms with Crippen LogP contribution in [0.2, 0.25) is 5.02 Å². The lowest BCUT2D eigenvalue weighted by atomic mass is 9.53. The largest absolute Gasteiger partial charge is 0.333 e. The molecule has 5 rings (SSSR count). The molecule has 0 radical (unpaired) electrons. The molecular weight excluding hydrogens is 362 g/mol. The number of quaternary nitrogens is 1. The maximum Gasteiger partial charge on any atom is 0.322 e. The zero-order valence-corrected chi connectivity index (χ0v) is 16.6. The predicted molar refractivity (Wildman–Crippen MR) is 104 cm³/mol. The lowest BCUT2D eigenvalue weighted by molar-refractivity contribution is -0.682. The van der Waals surface area contributed by atoms with Crippen LogP contribution in [0.25, 0.3) is 0 Å². The second-order valence-electron chi connectivity index (χ2n) is 8.98. The zero-order chi connectivity index (χ0) is 19.0. The SMILES string of the molecule is C[C@@H]([NH2+]CC(=O)NC(=O)NC12CC3CC(CC(C3)C1)C2)c1ccc(Cl)cc1. The minimum Gasteiger partial charge on any atom is -0.333 e. The third-order valence-electron chi connectivity index (χ3n) is 6.72. The van der Waals surface area contributed by atoms with Crippen LogP contribution in [-0.2, 0) is 4.79 Å². The number of rotatable bonds is 5. The van der Waals surface area contributed by atoms with Crippen molar-refractivity contribution in [1.29, 1.82) is 0 Å². The molecule has 1 aromatic rings. The standard InChI is InChI=1S/C21H28ClN3O2/c1-13(17-2-4-18(22)5-3-17)23-12-19(26)24-20(27)25-21-9-14-6-15(10-21)8-16(7-14)11-21/h2-5,13-16,23H,6-12H2,1H3,(H2,24,25,26,27)/p+1/t13-,14?,15?,16?,21?/m1/s1. The first-order chi connectivity index (χ1) is 12.9. The first-order valence-corrected chi connectivity index (χ1v) is 10.5. The van der Waals surface area contributed by atoms with E-state index in [0.717, 1.165) is 42.6 Å². The van der Waals surface area contributed by atoms with Gasteiger partial charge in [-0.25, -0.2) is 4.79 Å². The molecule has 0 spiro atoms. The Balaban J connectivity index is 1.25. The summed E-state index contributed by atoms with van der Waals surface area (Å²) in [5.74, 6) is 2.04. The van der Waals surface area contributed by atoms with Gasteiger partial charge in [0, 0.05) is 16.1 Å². The Bertz CT molecular complexity index is 683. The van der Waals surface area contributed by atoms with Crippen molar-refractivity contribution < 1.29 is 14.9 Å². The highest BCUT2D eigenvalue weighted by atomic mass is 35.5. The fourth-order valence-corrected chi connectivity index (χ4v) is 6.03. The van der Waals surface area contributed by atoms with Crippen LogP contribution in [0.4, 0.5) is 4.79 Å². The van der Waals surface area contributed by atoms with Gasteiger partial charge in [0.1, 0.15) is 6.04 Å². The van der Waals surface area contributed by atoms with Crippen LogP contribution in [-0.4, -0.2) is 24.0 Å². The van der Waals surface area contributed by atoms with E-state index in [4.69, 9.17) is 11.6 Å². The maximum absolute atomic E-state index is 12.4. The van der Waals surface area contributed by atoms with Crippen molar-refractivity contribution in [2.45, 2.75) is 57.0 Å². The van der Waals surface area contributed by atoms with Crippen molar-refractivity contribution in [3.05, 3.63) is 34.9 Å². The molecule has 3 amide bonds. The molecule has 0 heterocycles. The molecule has 0 saturated heterocycles. The monoisotopic (exact) mass is 390 g/mol. The Morgan fingerprint density at radius 1 is 1.11 bits per heavy atom. The maximum atomic E-state index is 12.4. The number of urea groups is 1. The number of carbonyl (C=O) groups excluding carboxylic acids is 2. The van der Waals surface area contributed by atoms with Gasteiger partial charge in [-0.15, -0.1) is 0 Å². The molecule has 0 aliphatic heterocycles. The molecule has 5 nitrogen and oxygen atoms in total. The van der Waals surface area contributed by atoms with Crippen LogP contribution in [0, 0.1) is 17.8 Å². The fourth-order valence-electron chi connectivity index (χ4n) is 5.90. The highest BCUT2D eigenvalue weighted by molar-refractivity contribution is 6.30. The van der Waals surface area contributed by atoms with Crippen molar-refractivity contribution in [2.24, 2.45) is 17.8 Å². The molecule has 1 atom stereocenters. The molecule has 4 bridgehead atoms. The van der Waals surface area contributed by atoms with Crippen LogP contribution in [0.1, 0.15) is 57.1 Å². The number of nitrogens with two attached hydrogens (primary N) is 1. The molecule has 4 N–H and O–H groups in total. The highest BCUT2D eigenvalue weighted by Gasteiger charge is 2.51. The molecule has 146 valence electrons. The first kappa shape index (κ1) is 18.8. The number of benzene rings is 1. The third-order valence-corrected chi connectivity index (χ3v) is 6.97. The third kappa shape index (κ3) is 4.30. The van der Waals surface area contributed by atoms with Gasteiger partial charge >= 0.3 is 6.03 Å². The minimum absolute atomic E-state index is 0.0700. The van der Waals surface area contributed by atoms with Crippen LogP contribution < -0.4 is 16.0 Å². The predicted octanol–water partition coefficient (Wildman–Crippen LogP) is 2.76. The van der Waals surface area contributed by atoms with Crippen LogP contribution in [0.3, 0.4) is 0 Å². The normalized spacial score (nSPS) is 32.1. The Labute approximate surface area is 165 Å². The lowest BCUT2D eigenvalue weighted by Crippen LogP contribution is -2.87. The quantitative estimate of drug-likeness (QED) is 0.723. The molecule has 4 aliphatic rings. The van der Waals surface area contributed by atoms with Gasteiger partial charge in [-0.1, -0.05) is 23.7 Å². The van der Waals surface area contributed by atoms with Gasteiger partial charge in [-0.3, -0.25) is 10.1 Å². The summed E-state index contributed by atoms with van der Waals surface area (Å²) in [6.45, 7) is 2.25. The van der Waals surface area contributed by atoms with Gasteiger partial charge in [0.15, 0.2) is 6.54 Å². The zero-order valence-electron chi connectivity index (χ0n) is 15.8. The summed E-state index contributed by atoms with van der Waals surface area (Å²) < 4.78 is 0. The Hall–Kier alpha value is -1.59. The summed E-state index contributed by atoms with van der Waals surface area (Å²) in [5, 5.41) is 8.34. The van der Waals surface area contributed by atoms with E-state index in [0.29, 0.717) is 5.02 Å². The van der Waals surface area contributed by atoms with E-state index in [9.17, 15) is 9.59 Å². The highest BCUT2D eigenvalue weighted by Crippen LogP contribution is 2.55. The molecule has 1 aromatic carbocycles. The Morgan fingerprint density at radius 2 is 1.67 bits per heavy atom. The van der Waals surface area contributed by atoms with Crippen molar-refractivity contribution >= 4 is 23.5 Å². The molecule has 4 fully saturated rings. The van der Waals surface area contributed by atoms with E-state index in [-0.39, 0.29) is 30.1 Å². The summed E-state index contributed by atoms with van der Waals surface area (Å²) in [5.41, 5.74) is 1.03. The van der Waals surface area contributed by atoms with Gasteiger partial charge in [0.25, 0.3) is 5.91 Å². The second kappa shape index (κ2) is 7.44. The van der Waals surface area contributed by atoms with Crippen molar-refractivity contribution in [2.75, 3.05) is 6.54 Å². The summed E-state index contributed by atoms with van der Waals surface area (Å²) in [4.78, 5) is 24.6. The Morgan fingerprint density at radius 3 is 2.22 bits per heavy atom. The van der Waals surface area contributed by atoms with Crippen LogP contribution in [0.15, 0.2) is 24.3 Å². The first-order valence-electron chi connectivity index (χ1n) is 10.1. The number of imide groups is 1. The molecule has 27 heavy (non-hydrogen) atoms. The summed E-state index contributed by atoms with van der Waals surface area (Å²) in [6, 6.07) is 7.41. The van der Waals surface area contributed by atoms with Gasteiger partial charge in [0.05, 0.1) is 0 Å². The topological polar surface area (TPSA) is 74.8 Å². The van der Waals surface area contributed by atoms with E-state index in [1.54, 1.807) is 0 Å². The summed E-state index contributed by atoms with van der Waals surface area (Å²) >= 11 is 5.91. The van der Waals surface area contributed by atoms with Crippen LogP contribution in [0.5, 0.6) is 0 Å². The van der Waals surface area contributed by atoms with E-state index < -0.39 is 0 Å². The van der Waals surface area contributed by atoms with Gasteiger partial charge in [0.2, 0.25) is 0 Å². The van der Waals surface area contributed by atoms with Gasteiger partial charge in [-0.2, -0.15) is 0 Å². The van der Waals surface area contributed by atoms with Crippen molar-refractivity contribution in [3.8, 4) is 0 Å². The number of nitrogens with one attached hydrogen (secondary N) is 2. The molecule has 0 unspecified atom stereocenters. The molecular formula is C21H29ClN3O2+. The van der Waals surface area contributed by atoms with Gasteiger partial charge in [-0.05, 0) is 75.3 Å². The van der Waals surface area contributed by atoms with Gasteiger partial charge < -0.3 is 10.6 Å². The number of hydrogen-bond donors (Lipinski definition) is 3. The van der Waals surface area contributed by atoms with Crippen LogP contribution >= 0.6 is 11.6 Å². The fraction of sp³-hybridized carbons (Fsp3) is 0.619. The van der Waals surface area contributed by atoms with E-state index >= 15 is 0 Å². The number of amides is 3. The minimum atomic E-state index is -0.325. The summed E-state index contributed by atoms with van der Waals surface area (Å²) in [6.07, 6.45) is 7.25. The van der Waals surface area contributed by atoms with E-state index in [1.807, 2.05) is 36.5 Å². The average Bonchev–Trinajstić information content (AvgIpc) is 2.58. The molecule has 6 heteroatoms. The average molecular weight is 391 g/mol. The number of halogens is 1. The van der Waals surface area contributed by atoms with E-state index in [2.05, 4.69) is 10.6 Å². The number of hydrogen-bond acceptors (Lipinski definition) is 2. The molecule has 4 saturated carbocycles. The summed E-state index contributed by atoms with van der Waals surface area (Å²) in [7, 11) is 0. The van der Waals surface area contributed by atoms with Crippen molar-refractivity contribution in [3.63, 3.8) is 0 Å². The van der Waals surface area contributed by atoms with Crippen molar-refractivity contribution in [1.82, 2.24) is 10.6 Å². The smallest absolute Gasteiger partial charge is 0.322 e. The molecule has 4 aliphatic carbocycles.